The van der Waals surface area contributed by atoms with Crippen molar-refractivity contribution in [3.05, 3.63) is 60.2 Å². The average Bonchev–Trinajstić information content (AvgIpc) is 2.68. The van der Waals surface area contributed by atoms with Gasteiger partial charge >= 0.3 is 0 Å². The van der Waals surface area contributed by atoms with Crippen molar-refractivity contribution in [3.63, 3.8) is 0 Å². The molecule has 0 unspecified atom stereocenters. The summed E-state index contributed by atoms with van der Waals surface area (Å²) < 4.78 is 11.3. The molecule has 0 heterocycles. The Balaban J connectivity index is 1.41. The highest BCUT2D eigenvalue weighted by Crippen LogP contribution is 2.23. The molecule has 1 aliphatic carbocycles. The Hall–Kier alpha value is -2.49. The predicted molar refractivity (Wildman–Crippen MR) is 102 cm³/mol. The maximum absolute atomic E-state index is 12.1. The Morgan fingerprint density at radius 3 is 2.31 bits per heavy atom. The fraction of sp³-hybridized carbons (Fsp3) is 0.409. The molecule has 1 aliphatic rings. The topological polar surface area (TPSA) is 47.6 Å². The number of hydrogen-bond donors (Lipinski definition) is 1. The fourth-order valence-corrected chi connectivity index (χ4v) is 3.30. The van der Waals surface area contributed by atoms with E-state index in [-0.39, 0.29) is 18.6 Å². The Morgan fingerprint density at radius 2 is 1.62 bits per heavy atom. The molecule has 138 valence electrons. The molecule has 0 aromatic heterocycles. The molecule has 1 amide bonds. The highest BCUT2D eigenvalue weighted by atomic mass is 16.5. The van der Waals surface area contributed by atoms with Gasteiger partial charge in [-0.2, -0.15) is 0 Å². The van der Waals surface area contributed by atoms with Crippen molar-refractivity contribution in [1.82, 2.24) is 5.32 Å². The van der Waals surface area contributed by atoms with Gasteiger partial charge in [0.15, 0.2) is 6.61 Å². The van der Waals surface area contributed by atoms with Gasteiger partial charge in [0, 0.05) is 6.04 Å². The number of hydrogen-bond acceptors (Lipinski definition) is 3. The molecule has 0 saturated heterocycles. The predicted octanol–water partition coefficient (Wildman–Crippen LogP) is 4.34. The zero-order valence-electron chi connectivity index (χ0n) is 15.3. The van der Waals surface area contributed by atoms with E-state index in [1.807, 2.05) is 54.6 Å². The Bertz CT molecular complexity index is 684. The summed E-state index contributed by atoms with van der Waals surface area (Å²) in [6.45, 7) is 2.79. The first kappa shape index (κ1) is 18.3. The van der Waals surface area contributed by atoms with Crippen LogP contribution in [-0.4, -0.2) is 18.6 Å². The third-order valence-corrected chi connectivity index (χ3v) is 4.90. The van der Waals surface area contributed by atoms with Crippen LogP contribution in [0.15, 0.2) is 54.6 Å². The second kappa shape index (κ2) is 9.27. The van der Waals surface area contributed by atoms with Gasteiger partial charge in [-0.05, 0) is 48.6 Å². The van der Waals surface area contributed by atoms with Crippen molar-refractivity contribution in [3.8, 4) is 11.5 Å². The van der Waals surface area contributed by atoms with Crippen molar-refractivity contribution in [2.75, 3.05) is 6.61 Å². The third-order valence-electron chi connectivity index (χ3n) is 4.90. The van der Waals surface area contributed by atoms with E-state index in [0.29, 0.717) is 18.3 Å². The van der Waals surface area contributed by atoms with Crippen LogP contribution >= 0.6 is 0 Å². The van der Waals surface area contributed by atoms with E-state index in [1.165, 1.54) is 19.3 Å². The molecule has 0 aliphatic heterocycles. The monoisotopic (exact) mass is 353 g/mol. The van der Waals surface area contributed by atoms with Crippen molar-refractivity contribution >= 4 is 5.91 Å². The van der Waals surface area contributed by atoms with Crippen LogP contribution in [0.25, 0.3) is 0 Å². The van der Waals surface area contributed by atoms with E-state index in [9.17, 15) is 4.79 Å². The zero-order chi connectivity index (χ0) is 18.2. The first-order valence-corrected chi connectivity index (χ1v) is 9.39. The van der Waals surface area contributed by atoms with Gasteiger partial charge in [0.2, 0.25) is 0 Å². The number of amides is 1. The van der Waals surface area contributed by atoms with Gasteiger partial charge < -0.3 is 14.8 Å². The Labute approximate surface area is 155 Å². The minimum atomic E-state index is -0.0480. The van der Waals surface area contributed by atoms with E-state index in [4.69, 9.17) is 9.47 Å². The maximum Gasteiger partial charge on any atom is 0.258 e. The van der Waals surface area contributed by atoms with E-state index in [1.54, 1.807) is 0 Å². The van der Waals surface area contributed by atoms with Crippen LogP contribution in [0.2, 0.25) is 0 Å². The van der Waals surface area contributed by atoms with Gasteiger partial charge in [0.1, 0.15) is 18.1 Å². The molecule has 1 N–H and O–H groups in total. The lowest BCUT2D eigenvalue weighted by atomic mass is 9.86. The number of carbonyl (C=O) groups is 1. The average molecular weight is 353 g/mol. The second-order valence-electron chi connectivity index (χ2n) is 6.97. The van der Waals surface area contributed by atoms with Crippen molar-refractivity contribution in [1.29, 1.82) is 0 Å². The maximum atomic E-state index is 12.1. The first-order valence-electron chi connectivity index (χ1n) is 9.39. The molecule has 4 heteroatoms. The SMILES string of the molecule is C[C@@H]1CCCC[C@H]1NC(=O)COc1ccc(OCc2ccccc2)cc1. The molecule has 0 radical (unpaired) electrons. The molecule has 4 nitrogen and oxygen atoms in total. The smallest absolute Gasteiger partial charge is 0.258 e. The summed E-state index contributed by atoms with van der Waals surface area (Å²) in [7, 11) is 0. The molecule has 26 heavy (non-hydrogen) atoms. The summed E-state index contributed by atoms with van der Waals surface area (Å²) in [5.41, 5.74) is 1.13. The van der Waals surface area contributed by atoms with Gasteiger partial charge in [-0.15, -0.1) is 0 Å². The minimum Gasteiger partial charge on any atom is -0.489 e. The zero-order valence-corrected chi connectivity index (χ0v) is 15.3. The van der Waals surface area contributed by atoms with Gasteiger partial charge in [0.05, 0.1) is 0 Å². The summed E-state index contributed by atoms with van der Waals surface area (Å²) in [4.78, 5) is 12.1. The molecule has 0 spiro atoms. The largest absolute Gasteiger partial charge is 0.489 e. The highest BCUT2D eigenvalue weighted by Gasteiger charge is 2.22. The minimum absolute atomic E-state index is 0.0480. The standard InChI is InChI=1S/C22H27NO3/c1-17-7-5-6-10-21(17)23-22(24)16-26-20-13-11-19(12-14-20)25-15-18-8-3-2-4-9-18/h2-4,8-9,11-14,17,21H,5-7,10,15-16H2,1H3,(H,23,24)/t17-,21-/m1/s1. The van der Waals surface area contributed by atoms with Crippen LogP contribution in [0, 0.1) is 5.92 Å². The summed E-state index contributed by atoms with van der Waals surface area (Å²) >= 11 is 0. The molecule has 3 rings (SSSR count). The lowest BCUT2D eigenvalue weighted by Gasteiger charge is -2.29. The van der Waals surface area contributed by atoms with E-state index >= 15 is 0 Å². The molecule has 2 atom stereocenters. The van der Waals surface area contributed by atoms with Crippen molar-refractivity contribution in [2.24, 2.45) is 5.92 Å². The summed E-state index contributed by atoms with van der Waals surface area (Å²) in [6, 6.07) is 17.7. The Kier molecular flexibility index (Phi) is 6.53. The van der Waals surface area contributed by atoms with Crippen LogP contribution in [0.3, 0.4) is 0 Å². The van der Waals surface area contributed by atoms with Crippen LogP contribution in [0.1, 0.15) is 38.2 Å². The van der Waals surface area contributed by atoms with Gasteiger partial charge in [-0.3, -0.25) is 4.79 Å². The van der Waals surface area contributed by atoms with E-state index in [0.717, 1.165) is 17.7 Å². The van der Waals surface area contributed by atoms with Crippen molar-refractivity contribution < 1.29 is 14.3 Å². The molecular weight excluding hydrogens is 326 g/mol. The number of carbonyl (C=O) groups excluding carboxylic acids is 1. The van der Waals surface area contributed by atoms with Gasteiger partial charge in [-0.1, -0.05) is 50.1 Å². The number of nitrogens with one attached hydrogen (secondary N) is 1. The highest BCUT2D eigenvalue weighted by molar-refractivity contribution is 5.77. The molecule has 0 bridgehead atoms. The van der Waals surface area contributed by atoms with Crippen molar-refractivity contribution in [2.45, 2.75) is 45.3 Å². The molecule has 2 aromatic carbocycles. The fourth-order valence-electron chi connectivity index (χ4n) is 3.30. The van der Waals surface area contributed by atoms with Crippen LogP contribution in [0.5, 0.6) is 11.5 Å². The van der Waals surface area contributed by atoms with Crippen LogP contribution in [-0.2, 0) is 11.4 Å². The Morgan fingerprint density at radius 1 is 0.962 bits per heavy atom. The third kappa shape index (κ3) is 5.51. The van der Waals surface area contributed by atoms with E-state index < -0.39 is 0 Å². The van der Waals surface area contributed by atoms with Crippen LogP contribution in [0.4, 0.5) is 0 Å². The second-order valence-corrected chi connectivity index (χ2v) is 6.97. The first-order chi connectivity index (χ1) is 12.7. The normalized spacial score (nSPS) is 19.6. The quantitative estimate of drug-likeness (QED) is 0.805. The van der Waals surface area contributed by atoms with E-state index in [2.05, 4.69) is 12.2 Å². The number of rotatable bonds is 7. The summed E-state index contributed by atoms with van der Waals surface area (Å²) in [5.74, 6) is 1.95. The van der Waals surface area contributed by atoms with Crippen LogP contribution < -0.4 is 14.8 Å². The van der Waals surface area contributed by atoms with Gasteiger partial charge in [0.25, 0.3) is 5.91 Å². The number of benzene rings is 2. The molecular formula is C22H27NO3. The summed E-state index contributed by atoms with van der Waals surface area (Å²) in [6.07, 6.45) is 4.72. The lowest BCUT2D eigenvalue weighted by Crippen LogP contribution is -2.43. The molecule has 1 saturated carbocycles. The number of ether oxygens (including phenoxy) is 2. The van der Waals surface area contributed by atoms with Gasteiger partial charge in [-0.25, -0.2) is 0 Å². The lowest BCUT2D eigenvalue weighted by molar-refractivity contribution is -0.124. The molecule has 1 fully saturated rings. The summed E-state index contributed by atoms with van der Waals surface area (Å²) in [5, 5.41) is 3.10. The molecule has 2 aromatic rings.